The Morgan fingerprint density at radius 1 is 1.11 bits per heavy atom. The van der Waals surface area contributed by atoms with E-state index in [2.05, 4.69) is 16.1 Å². The van der Waals surface area contributed by atoms with E-state index < -0.39 is 17.9 Å². The Labute approximate surface area is 104 Å². The van der Waals surface area contributed by atoms with Crippen LogP contribution in [0.5, 0.6) is 0 Å². The van der Waals surface area contributed by atoms with Crippen molar-refractivity contribution < 1.29 is 22.0 Å². The lowest BCUT2D eigenvalue weighted by molar-refractivity contribution is -0.292. The topological polar surface area (TPSA) is 30.7 Å². The molecular weight excluding hydrogens is 269 g/mol. The van der Waals surface area contributed by atoms with Crippen LogP contribution in [0.1, 0.15) is 11.4 Å². The maximum absolute atomic E-state index is 12.9. The zero-order valence-corrected chi connectivity index (χ0v) is 9.33. The summed E-state index contributed by atoms with van der Waals surface area (Å²) in [4.78, 5) is 3.02. The van der Waals surface area contributed by atoms with E-state index in [9.17, 15) is 22.0 Å². The SMILES string of the molecule is FC(F)(F)C(F)(F)c1ncn(Cc2cc[c]cc2)n1. The molecule has 0 spiro atoms. The molecule has 3 nitrogen and oxygen atoms in total. The van der Waals surface area contributed by atoms with E-state index in [1.54, 1.807) is 24.3 Å². The van der Waals surface area contributed by atoms with Gasteiger partial charge in [-0.25, -0.2) is 9.67 Å². The highest BCUT2D eigenvalue weighted by Gasteiger charge is 2.61. The minimum Gasteiger partial charge on any atom is -0.248 e. The highest BCUT2D eigenvalue weighted by molar-refractivity contribution is 5.14. The number of alkyl halides is 5. The Morgan fingerprint density at radius 3 is 2.32 bits per heavy atom. The molecule has 0 aliphatic carbocycles. The number of aromatic nitrogens is 3. The summed E-state index contributed by atoms with van der Waals surface area (Å²) in [6.07, 6.45) is -4.87. The molecule has 1 heterocycles. The Hall–Kier alpha value is -1.99. The van der Waals surface area contributed by atoms with E-state index in [0.29, 0.717) is 5.56 Å². The van der Waals surface area contributed by atoms with Crippen LogP contribution in [0.15, 0.2) is 30.6 Å². The Kier molecular flexibility index (Phi) is 3.25. The lowest BCUT2D eigenvalue weighted by atomic mass is 10.2. The number of rotatable bonds is 3. The van der Waals surface area contributed by atoms with Crippen molar-refractivity contribution in [1.29, 1.82) is 0 Å². The quantitative estimate of drug-likeness (QED) is 0.807. The van der Waals surface area contributed by atoms with Crippen molar-refractivity contribution >= 4 is 0 Å². The highest BCUT2D eigenvalue weighted by Crippen LogP contribution is 2.42. The summed E-state index contributed by atoms with van der Waals surface area (Å²) < 4.78 is 63.1. The minimum atomic E-state index is -5.71. The van der Waals surface area contributed by atoms with Crippen molar-refractivity contribution in [3.05, 3.63) is 48.0 Å². The molecule has 0 saturated heterocycles. The van der Waals surface area contributed by atoms with Crippen LogP contribution in [0.3, 0.4) is 0 Å². The van der Waals surface area contributed by atoms with Crippen LogP contribution < -0.4 is 0 Å². The Balaban J connectivity index is 2.20. The van der Waals surface area contributed by atoms with Gasteiger partial charge in [-0.1, -0.05) is 24.3 Å². The van der Waals surface area contributed by atoms with Gasteiger partial charge in [0.15, 0.2) is 0 Å². The zero-order chi connectivity index (χ0) is 14.1. The van der Waals surface area contributed by atoms with Crippen LogP contribution in [-0.4, -0.2) is 20.9 Å². The molecular formula is C11H7F5N3. The minimum absolute atomic E-state index is 0.0512. The largest absolute Gasteiger partial charge is 0.461 e. The fourth-order valence-electron chi connectivity index (χ4n) is 1.36. The summed E-state index contributed by atoms with van der Waals surface area (Å²) in [6.45, 7) is 0.0512. The van der Waals surface area contributed by atoms with Crippen molar-refractivity contribution in [3.63, 3.8) is 0 Å². The Morgan fingerprint density at radius 2 is 1.74 bits per heavy atom. The molecule has 1 aromatic carbocycles. The summed E-state index contributed by atoms with van der Waals surface area (Å²) in [7, 11) is 0. The summed E-state index contributed by atoms with van der Waals surface area (Å²) in [6, 6.07) is 9.23. The summed E-state index contributed by atoms with van der Waals surface area (Å²) in [5, 5.41) is 3.17. The summed E-state index contributed by atoms with van der Waals surface area (Å²) >= 11 is 0. The van der Waals surface area contributed by atoms with Gasteiger partial charge in [0.05, 0.1) is 6.54 Å². The third-order valence-corrected chi connectivity index (χ3v) is 2.31. The first-order valence-electron chi connectivity index (χ1n) is 5.10. The first-order chi connectivity index (χ1) is 8.80. The average Bonchev–Trinajstić information content (AvgIpc) is 2.78. The van der Waals surface area contributed by atoms with E-state index in [1.807, 2.05) is 0 Å². The van der Waals surface area contributed by atoms with Gasteiger partial charge in [0.1, 0.15) is 6.33 Å². The molecule has 0 saturated carbocycles. The normalized spacial score (nSPS) is 12.7. The first kappa shape index (κ1) is 13.4. The molecule has 8 heteroatoms. The van der Waals surface area contributed by atoms with Gasteiger partial charge < -0.3 is 0 Å². The van der Waals surface area contributed by atoms with Crippen molar-refractivity contribution in [2.75, 3.05) is 0 Å². The number of benzene rings is 1. The zero-order valence-electron chi connectivity index (χ0n) is 9.33. The molecule has 0 aliphatic rings. The van der Waals surface area contributed by atoms with E-state index in [0.717, 1.165) is 11.0 Å². The van der Waals surface area contributed by atoms with Gasteiger partial charge in [0, 0.05) is 0 Å². The van der Waals surface area contributed by atoms with Gasteiger partial charge in [0.25, 0.3) is 0 Å². The lowest BCUT2D eigenvalue weighted by Crippen LogP contribution is -2.35. The molecule has 0 atom stereocenters. The van der Waals surface area contributed by atoms with Crippen LogP contribution in [0.25, 0.3) is 0 Å². The van der Waals surface area contributed by atoms with Crippen molar-refractivity contribution in [2.24, 2.45) is 0 Å². The number of hydrogen-bond donors (Lipinski definition) is 0. The fraction of sp³-hybridized carbons (Fsp3) is 0.273. The van der Waals surface area contributed by atoms with E-state index in [-0.39, 0.29) is 6.54 Å². The van der Waals surface area contributed by atoms with E-state index in [4.69, 9.17) is 0 Å². The van der Waals surface area contributed by atoms with Gasteiger partial charge in [-0.2, -0.15) is 22.0 Å². The Bertz CT molecular complexity index is 547. The molecule has 101 valence electrons. The molecule has 2 rings (SSSR count). The predicted molar refractivity (Wildman–Crippen MR) is 54.4 cm³/mol. The molecule has 1 aromatic heterocycles. The molecule has 0 unspecified atom stereocenters. The smallest absolute Gasteiger partial charge is 0.248 e. The van der Waals surface area contributed by atoms with Crippen LogP contribution in [0.2, 0.25) is 0 Å². The second kappa shape index (κ2) is 4.60. The fourth-order valence-corrected chi connectivity index (χ4v) is 1.36. The highest BCUT2D eigenvalue weighted by atomic mass is 19.4. The van der Waals surface area contributed by atoms with E-state index >= 15 is 0 Å². The van der Waals surface area contributed by atoms with Gasteiger partial charge in [0.2, 0.25) is 5.82 Å². The van der Waals surface area contributed by atoms with Crippen molar-refractivity contribution in [1.82, 2.24) is 14.8 Å². The van der Waals surface area contributed by atoms with Crippen molar-refractivity contribution in [3.8, 4) is 0 Å². The standard InChI is InChI=1S/C11H7F5N3/c12-10(13,11(14,15)16)9-17-7-19(18-9)6-8-4-2-1-3-5-8/h2-5,7H,6H2. The predicted octanol–water partition coefficient (Wildman–Crippen LogP) is 2.78. The first-order valence-corrected chi connectivity index (χ1v) is 5.10. The second-order valence-corrected chi connectivity index (χ2v) is 3.75. The molecule has 0 bridgehead atoms. The molecule has 0 N–H and O–H groups in total. The maximum Gasteiger partial charge on any atom is 0.461 e. The summed E-state index contributed by atoms with van der Waals surface area (Å²) in [5.74, 6) is -6.61. The van der Waals surface area contributed by atoms with Crippen LogP contribution in [0, 0.1) is 6.07 Å². The molecule has 1 radical (unpaired) electrons. The maximum atomic E-state index is 12.9. The van der Waals surface area contributed by atoms with Gasteiger partial charge in [-0.15, -0.1) is 5.10 Å². The second-order valence-electron chi connectivity index (χ2n) is 3.75. The van der Waals surface area contributed by atoms with Crippen LogP contribution in [-0.2, 0) is 12.5 Å². The molecule has 0 fully saturated rings. The number of halogens is 5. The average molecular weight is 276 g/mol. The molecule has 0 aliphatic heterocycles. The van der Waals surface area contributed by atoms with Crippen molar-refractivity contribution in [2.45, 2.75) is 18.6 Å². The monoisotopic (exact) mass is 276 g/mol. The third-order valence-electron chi connectivity index (χ3n) is 2.31. The molecule has 19 heavy (non-hydrogen) atoms. The van der Waals surface area contributed by atoms with Gasteiger partial charge in [-0.05, 0) is 11.6 Å². The lowest BCUT2D eigenvalue weighted by Gasteiger charge is -2.15. The third kappa shape index (κ3) is 2.72. The van der Waals surface area contributed by atoms with Crippen LogP contribution >= 0.6 is 0 Å². The number of hydrogen-bond acceptors (Lipinski definition) is 2. The molecule has 2 aromatic rings. The summed E-state index contributed by atoms with van der Waals surface area (Å²) in [5.41, 5.74) is 0.686. The van der Waals surface area contributed by atoms with Gasteiger partial charge in [-0.3, -0.25) is 0 Å². The van der Waals surface area contributed by atoms with E-state index in [1.165, 1.54) is 0 Å². The number of nitrogens with zero attached hydrogens (tertiary/aromatic N) is 3. The van der Waals surface area contributed by atoms with Gasteiger partial charge >= 0.3 is 12.1 Å². The molecule has 0 amide bonds. The van der Waals surface area contributed by atoms with Crippen LogP contribution in [0.4, 0.5) is 22.0 Å².